The number of ether oxygens (including phenoxy) is 2. The van der Waals surface area contributed by atoms with Gasteiger partial charge in [-0.15, -0.1) is 0 Å². The number of carbonyl (C=O) groups excluding carboxylic acids is 2. The van der Waals surface area contributed by atoms with Gasteiger partial charge in [0.15, 0.2) is 7.28 Å². The van der Waals surface area contributed by atoms with Crippen LogP contribution >= 0.6 is 0 Å². The van der Waals surface area contributed by atoms with Crippen LogP contribution in [0, 0.1) is 0 Å². The Morgan fingerprint density at radius 1 is 0.500 bits per heavy atom. The smallest absolute Gasteiger partial charge is 0.322 e. The predicted octanol–water partition coefficient (Wildman–Crippen LogP) is 3.93. The van der Waals surface area contributed by atoms with Gasteiger partial charge in [0.05, 0.1) is 0 Å². The van der Waals surface area contributed by atoms with E-state index in [-0.39, 0.29) is 0 Å². The van der Waals surface area contributed by atoms with Crippen molar-refractivity contribution in [3.05, 3.63) is 121 Å². The Hall–Kier alpha value is -4.12. The quantitative estimate of drug-likeness (QED) is 0.205. The third-order valence-electron chi connectivity index (χ3n) is 4.17. The highest BCUT2D eigenvalue weighted by Crippen LogP contribution is 2.11. The van der Waals surface area contributed by atoms with Crippen LogP contribution in [-0.2, 0) is 9.59 Å². The molecule has 5 heteroatoms. The van der Waals surface area contributed by atoms with E-state index < -0.39 is 18.4 Å². The van der Waals surface area contributed by atoms with Gasteiger partial charge in [-0.2, -0.15) is 0 Å². The van der Waals surface area contributed by atoms with Crippen molar-refractivity contribution in [2.75, 3.05) is 0 Å². The number of para-hydroxylation sites is 2. The molecule has 0 aliphatic heterocycles. The molecule has 1 radical (unpaired) electrons. The van der Waals surface area contributed by atoms with Crippen LogP contribution in [0.25, 0.3) is 0 Å². The van der Waals surface area contributed by atoms with E-state index in [0.29, 0.717) is 11.5 Å². The first-order valence-corrected chi connectivity index (χ1v) is 10.2. The number of esters is 2. The third kappa shape index (κ3) is 8.32. The van der Waals surface area contributed by atoms with Crippen molar-refractivity contribution in [3.63, 3.8) is 0 Å². The molecule has 4 rings (SSSR count). The molecule has 4 aromatic carbocycles. The fraction of sp³-hybridized carbons (Fsp3) is 0.0370. The predicted molar refractivity (Wildman–Crippen MR) is 127 cm³/mol. The average Bonchev–Trinajstić information content (AvgIpc) is 2.82. The lowest BCUT2D eigenvalue weighted by atomic mass is 9.64. The number of benzene rings is 4. The van der Waals surface area contributed by atoms with E-state index in [2.05, 4.69) is 55.8 Å². The van der Waals surface area contributed by atoms with Crippen molar-refractivity contribution in [2.45, 2.75) is 6.42 Å². The summed E-state index contributed by atoms with van der Waals surface area (Å²) in [7, 11) is 2.17. The molecule has 0 atom stereocenters. The standard InChI is InChI=1S/C15H12O4.C12H10B/c16-14(18-12-7-3-1-4-8-12)11-15(17)19-13-9-5-2-6-10-13;1-3-7-11(8-4-1)13-12-9-5-2-6-10-12/h1-10H,11H2;1-10H. The summed E-state index contributed by atoms with van der Waals surface area (Å²) < 4.78 is 9.97. The van der Waals surface area contributed by atoms with E-state index in [4.69, 9.17) is 9.47 Å². The number of hydrogen-bond donors (Lipinski definition) is 0. The Morgan fingerprint density at radius 2 is 0.812 bits per heavy atom. The molecule has 0 unspecified atom stereocenters. The summed E-state index contributed by atoms with van der Waals surface area (Å²) in [4.78, 5) is 23.0. The van der Waals surface area contributed by atoms with Crippen LogP contribution in [-0.4, -0.2) is 19.2 Å². The first-order chi connectivity index (χ1) is 15.7. The molecule has 0 saturated carbocycles. The van der Waals surface area contributed by atoms with E-state index in [1.54, 1.807) is 60.7 Å². The molecule has 0 bridgehead atoms. The van der Waals surface area contributed by atoms with Gasteiger partial charge >= 0.3 is 11.9 Å². The highest BCUT2D eigenvalue weighted by molar-refractivity contribution is 6.67. The first-order valence-electron chi connectivity index (χ1n) is 10.2. The lowest BCUT2D eigenvalue weighted by Gasteiger charge is -2.04. The van der Waals surface area contributed by atoms with Gasteiger partial charge in [-0.25, -0.2) is 0 Å². The van der Waals surface area contributed by atoms with Crippen LogP contribution in [0.3, 0.4) is 0 Å². The maximum atomic E-state index is 11.5. The third-order valence-corrected chi connectivity index (χ3v) is 4.17. The Kier molecular flexibility index (Phi) is 8.85. The van der Waals surface area contributed by atoms with Crippen molar-refractivity contribution in [1.82, 2.24) is 0 Å². The molecule has 0 aromatic heterocycles. The van der Waals surface area contributed by atoms with Crippen LogP contribution in [0.4, 0.5) is 0 Å². The van der Waals surface area contributed by atoms with Gasteiger partial charge in [-0.3, -0.25) is 9.59 Å². The van der Waals surface area contributed by atoms with Gasteiger partial charge in [0.25, 0.3) is 0 Å². The summed E-state index contributed by atoms with van der Waals surface area (Å²) >= 11 is 0. The van der Waals surface area contributed by atoms with Gasteiger partial charge in [0.2, 0.25) is 0 Å². The van der Waals surface area contributed by atoms with E-state index in [1.807, 2.05) is 12.1 Å². The first kappa shape index (κ1) is 22.6. The van der Waals surface area contributed by atoms with Crippen molar-refractivity contribution >= 4 is 30.1 Å². The van der Waals surface area contributed by atoms with Crippen LogP contribution in [0.5, 0.6) is 11.5 Å². The Labute approximate surface area is 188 Å². The normalized spacial score (nSPS) is 9.62. The van der Waals surface area contributed by atoms with E-state index in [9.17, 15) is 9.59 Å². The summed E-state index contributed by atoms with van der Waals surface area (Å²) in [6.45, 7) is 0. The highest BCUT2D eigenvalue weighted by Gasteiger charge is 2.13. The van der Waals surface area contributed by atoms with E-state index in [1.165, 1.54) is 10.9 Å². The summed E-state index contributed by atoms with van der Waals surface area (Å²) in [5, 5.41) is 0. The average molecular weight is 421 g/mol. The second kappa shape index (κ2) is 12.6. The number of hydrogen-bond acceptors (Lipinski definition) is 4. The molecule has 0 heterocycles. The van der Waals surface area contributed by atoms with Crippen molar-refractivity contribution in [2.24, 2.45) is 0 Å². The fourth-order valence-corrected chi connectivity index (χ4v) is 2.72. The van der Waals surface area contributed by atoms with Crippen LogP contribution in [0.15, 0.2) is 121 Å². The molecule has 0 fully saturated rings. The van der Waals surface area contributed by atoms with E-state index in [0.717, 1.165) is 0 Å². The number of rotatable bonds is 6. The van der Waals surface area contributed by atoms with Gasteiger partial charge in [-0.05, 0) is 24.3 Å². The highest BCUT2D eigenvalue weighted by atomic mass is 16.6. The summed E-state index contributed by atoms with van der Waals surface area (Å²) in [6.07, 6.45) is -0.427. The zero-order chi connectivity index (χ0) is 22.4. The number of carbonyl (C=O) groups is 2. The zero-order valence-corrected chi connectivity index (χ0v) is 17.5. The Balaban J connectivity index is 0.000000193. The molecule has 0 aliphatic rings. The van der Waals surface area contributed by atoms with Crippen LogP contribution in [0.1, 0.15) is 6.42 Å². The summed E-state index contributed by atoms with van der Waals surface area (Å²) in [5.41, 5.74) is 2.49. The minimum absolute atomic E-state index is 0.403. The minimum Gasteiger partial charge on any atom is -0.426 e. The monoisotopic (exact) mass is 421 g/mol. The second-order valence-electron chi connectivity index (χ2n) is 6.72. The minimum atomic E-state index is -0.646. The molecule has 157 valence electrons. The lowest BCUT2D eigenvalue weighted by molar-refractivity contribution is -0.144. The summed E-state index contributed by atoms with van der Waals surface area (Å²) in [6, 6.07) is 37.8. The van der Waals surface area contributed by atoms with Crippen LogP contribution in [0.2, 0.25) is 0 Å². The van der Waals surface area contributed by atoms with Crippen molar-refractivity contribution in [1.29, 1.82) is 0 Å². The topological polar surface area (TPSA) is 52.6 Å². The van der Waals surface area contributed by atoms with E-state index >= 15 is 0 Å². The van der Waals surface area contributed by atoms with Gasteiger partial charge in [0, 0.05) is 0 Å². The molecule has 0 aliphatic carbocycles. The van der Waals surface area contributed by atoms with Crippen molar-refractivity contribution in [3.8, 4) is 11.5 Å². The molecule has 4 nitrogen and oxygen atoms in total. The van der Waals surface area contributed by atoms with Crippen molar-refractivity contribution < 1.29 is 19.1 Å². The Morgan fingerprint density at radius 3 is 1.16 bits per heavy atom. The van der Waals surface area contributed by atoms with Gasteiger partial charge in [-0.1, -0.05) is 108 Å². The summed E-state index contributed by atoms with van der Waals surface area (Å²) in [5.74, 6) is -0.487. The molecule has 0 amide bonds. The maximum Gasteiger partial charge on any atom is 0.322 e. The van der Waals surface area contributed by atoms with Gasteiger partial charge < -0.3 is 9.47 Å². The molecular formula is C27H22BO4. The second-order valence-corrected chi connectivity index (χ2v) is 6.72. The fourth-order valence-electron chi connectivity index (χ4n) is 2.72. The molecule has 0 saturated heterocycles. The molecular weight excluding hydrogens is 399 g/mol. The molecule has 4 aromatic rings. The zero-order valence-electron chi connectivity index (χ0n) is 17.5. The largest absolute Gasteiger partial charge is 0.426 e. The lowest BCUT2D eigenvalue weighted by Crippen LogP contribution is -2.26. The van der Waals surface area contributed by atoms with Crippen LogP contribution < -0.4 is 20.4 Å². The van der Waals surface area contributed by atoms with Gasteiger partial charge in [0.1, 0.15) is 17.9 Å². The molecule has 32 heavy (non-hydrogen) atoms. The molecule has 0 N–H and O–H groups in total. The SMILES string of the molecule is O=C(CC(=O)Oc1ccccc1)Oc1ccccc1.[B](c1ccccc1)c1ccccc1. The molecule has 0 spiro atoms. The maximum absolute atomic E-state index is 11.5. The Bertz CT molecular complexity index is 997.